The van der Waals surface area contributed by atoms with Crippen LogP contribution in [0.5, 0.6) is 11.5 Å². The molecule has 0 unspecified atom stereocenters. The Bertz CT molecular complexity index is 1990. The lowest BCUT2D eigenvalue weighted by atomic mass is 9.84. The highest BCUT2D eigenvalue weighted by Gasteiger charge is 2.31. The molecule has 0 atom stereocenters. The standard InChI is InChI=1S/C44H53N5O5S/c50-44(46-55(51,52)40-17-14-37(15-18-40)45-29-33-20-26-53-27-21-33)41-19-16-38(28-43(41)54-39-7-2-1-3-8-39)48-24-22-47(23-25-48)32-36-6-4-5-9-42(36)49-30-34-10-11-35(31-49)13-12-34/h1-9,14-19,28,33-35,45H,10-13,20-27,29-32H2,(H,46,50). The van der Waals surface area contributed by atoms with Crippen LogP contribution >= 0.6 is 0 Å². The average Bonchev–Trinajstić information content (AvgIpc) is 3.56. The van der Waals surface area contributed by atoms with E-state index in [0.717, 1.165) is 88.5 Å². The lowest BCUT2D eigenvalue weighted by molar-refractivity contribution is 0.0699. The molecule has 2 N–H and O–H groups in total. The lowest BCUT2D eigenvalue weighted by Gasteiger charge is -2.37. The molecule has 9 rings (SSSR count). The molecule has 4 aromatic rings. The molecule has 55 heavy (non-hydrogen) atoms. The normalized spacial score (nSPS) is 20.9. The zero-order valence-electron chi connectivity index (χ0n) is 31.6. The summed E-state index contributed by atoms with van der Waals surface area (Å²) in [5.41, 5.74) is 4.70. The van der Waals surface area contributed by atoms with Crippen LogP contribution in [0.3, 0.4) is 0 Å². The van der Waals surface area contributed by atoms with Crippen molar-refractivity contribution in [2.45, 2.75) is 50.0 Å². The smallest absolute Gasteiger partial charge is 0.268 e. The number of nitrogens with one attached hydrogen (secondary N) is 2. The molecule has 5 aliphatic rings. The number of hydrogen-bond donors (Lipinski definition) is 2. The first-order chi connectivity index (χ1) is 26.9. The van der Waals surface area contributed by atoms with Crippen molar-refractivity contribution in [3.8, 4) is 11.5 Å². The lowest BCUT2D eigenvalue weighted by Crippen LogP contribution is -2.46. The van der Waals surface area contributed by atoms with Crippen molar-refractivity contribution < 1.29 is 22.7 Å². The van der Waals surface area contributed by atoms with Crippen LogP contribution in [0.2, 0.25) is 0 Å². The minimum atomic E-state index is -4.15. The fraction of sp³-hybridized carbons (Fsp3) is 0.432. The summed E-state index contributed by atoms with van der Waals surface area (Å²) in [7, 11) is -4.15. The molecule has 2 bridgehead atoms. The summed E-state index contributed by atoms with van der Waals surface area (Å²) in [6.45, 7) is 9.07. The summed E-state index contributed by atoms with van der Waals surface area (Å²) in [6.07, 6.45) is 7.51. The summed E-state index contributed by atoms with van der Waals surface area (Å²) in [4.78, 5) is 21.2. The maximum absolute atomic E-state index is 13.7. The Labute approximate surface area is 325 Å². The van der Waals surface area contributed by atoms with Gasteiger partial charge in [0.05, 0.1) is 10.5 Å². The van der Waals surface area contributed by atoms with E-state index in [0.29, 0.717) is 17.4 Å². The first-order valence-corrected chi connectivity index (χ1v) is 21.5. The van der Waals surface area contributed by atoms with Gasteiger partial charge in [-0.1, -0.05) is 36.4 Å². The van der Waals surface area contributed by atoms with Crippen LogP contribution in [0.4, 0.5) is 17.1 Å². The molecule has 1 aliphatic carbocycles. The third kappa shape index (κ3) is 9.28. The van der Waals surface area contributed by atoms with Gasteiger partial charge in [-0.15, -0.1) is 0 Å². The van der Waals surface area contributed by atoms with Crippen LogP contribution in [0.15, 0.2) is 102 Å². The fourth-order valence-corrected chi connectivity index (χ4v) is 9.61. The van der Waals surface area contributed by atoms with E-state index in [1.807, 2.05) is 42.5 Å². The Morgan fingerprint density at radius 3 is 2.13 bits per heavy atom. The number of piperazine rings is 1. The second kappa shape index (κ2) is 17.1. The minimum absolute atomic E-state index is 0.0126. The first kappa shape index (κ1) is 37.3. The van der Waals surface area contributed by atoms with Crippen LogP contribution < -0.4 is 24.6 Å². The van der Waals surface area contributed by atoms with Gasteiger partial charge in [0.2, 0.25) is 0 Å². The van der Waals surface area contributed by atoms with E-state index < -0.39 is 15.9 Å². The molecule has 4 heterocycles. The molecule has 0 aromatic heterocycles. The third-order valence-electron chi connectivity index (χ3n) is 11.9. The number of benzene rings is 4. The Morgan fingerprint density at radius 1 is 0.745 bits per heavy atom. The molecule has 0 spiro atoms. The zero-order valence-corrected chi connectivity index (χ0v) is 32.4. The monoisotopic (exact) mass is 763 g/mol. The van der Waals surface area contributed by atoms with Crippen molar-refractivity contribution in [2.24, 2.45) is 17.8 Å². The molecule has 290 valence electrons. The number of sulfonamides is 1. The Hall–Kier alpha value is -4.58. The van der Waals surface area contributed by atoms with E-state index in [4.69, 9.17) is 9.47 Å². The van der Waals surface area contributed by atoms with Crippen LogP contribution in [-0.4, -0.2) is 78.3 Å². The molecule has 4 aromatic carbocycles. The molecule has 1 saturated carbocycles. The van der Waals surface area contributed by atoms with Crippen LogP contribution in [0.25, 0.3) is 0 Å². The van der Waals surface area contributed by atoms with E-state index in [1.54, 1.807) is 18.2 Å². The molecule has 4 saturated heterocycles. The number of rotatable bonds is 12. The van der Waals surface area contributed by atoms with Crippen molar-refractivity contribution in [3.63, 3.8) is 0 Å². The molecule has 11 heteroatoms. The largest absolute Gasteiger partial charge is 0.456 e. The van der Waals surface area contributed by atoms with E-state index >= 15 is 0 Å². The van der Waals surface area contributed by atoms with Gasteiger partial charge in [-0.05, 0) is 116 Å². The summed E-state index contributed by atoms with van der Waals surface area (Å²) in [6, 6.07) is 30.1. The summed E-state index contributed by atoms with van der Waals surface area (Å²) in [5.74, 6) is 2.27. The Kier molecular flexibility index (Phi) is 11.6. The van der Waals surface area contributed by atoms with Gasteiger partial charge in [0.15, 0.2) is 0 Å². The number of ether oxygens (including phenoxy) is 2. The maximum Gasteiger partial charge on any atom is 0.268 e. The molecular weight excluding hydrogens is 711 g/mol. The topological polar surface area (TPSA) is 103 Å². The number of carbonyl (C=O) groups is 1. The molecule has 0 radical (unpaired) electrons. The first-order valence-electron chi connectivity index (χ1n) is 20.0. The second-order valence-corrected chi connectivity index (χ2v) is 17.4. The van der Waals surface area contributed by atoms with Gasteiger partial charge in [0.1, 0.15) is 11.5 Å². The molecule has 10 nitrogen and oxygen atoms in total. The number of para-hydroxylation sites is 2. The number of nitrogens with zero attached hydrogens (tertiary/aromatic N) is 3. The second-order valence-electron chi connectivity index (χ2n) is 15.7. The predicted molar refractivity (Wildman–Crippen MR) is 218 cm³/mol. The Morgan fingerprint density at radius 2 is 1.42 bits per heavy atom. The average molecular weight is 764 g/mol. The summed E-state index contributed by atoms with van der Waals surface area (Å²) >= 11 is 0. The number of fused-ring (bicyclic) bond motifs is 4. The van der Waals surface area contributed by atoms with Gasteiger partial charge in [0, 0.05) is 88.7 Å². The van der Waals surface area contributed by atoms with Crippen molar-refractivity contribution >= 4 is 33.0 Å². The van der Waals surface area contributed by atoms with E-state index in [-0.39, 0.29) is 10.5 Å². The molecule has 5 fully saturated rings. The van der Waals surface area contributed by atoms with Crippen molar-refractivity contribution in [1.82, 2.24) is 9.62 Å². The van der Waals surface area contributed by atoms with Gasteiger partial charge in [-0.2, -0.15) is 0 Å². The summed E-state index contributed by atoms with van der Waals surface area (Å²) < 4.78 is 40.8. The molecule has 4 aliphatic heterocycles. The molecule has 1 amide bonds. The van der Waals surface area contributed by atoms with Crippen LogP contribution in [-0.2, 0) is 21.3 Å². The number of hydrogen-bond acceptors (Lipinski definition) is 9. The maximum atomic E-state index is 13.7. The highest BCUT2D eigenvalue weighted by Crippen LogP contribution is 2.37. The van der Waals surface area contributed by atoms with Gasteiger partial charge in [0.25, 0.3) is 15.9 Å². The van der Waals surface area contributed by atoms with Gasteiger partial charge >= 0.3 is 0 Å². The fourth-order valence-electron chi connectivity index (χ4n) is 8.65. The quantitative estimate of drug-likeness (QED) is 0.153. The van der Waals surface area contributed by atoms with Crippen LogP contribution in [0.1, 0.15) is 54.4 Å². The predicted octanol–water partition coefficient (Wildman–Crippen LogP) is 7.38. The highest BCUT2D eigenvalue weighted by atomic mass is 32.2. The van der Waals surface area contributed by atoms with Crippen LogP contribution in [0, 0.1) is 17.8 Å². The highest BCUT2D eigenvalue weighted by molar-refractivity contribution is 7.90. The van der Waals surface area contributed by atoms with Crippen molar-refractivity contribution in [1.29, 1.82) is 0 Å². The van der Waals surface area contributed by atoms with Gasteiger partial charge in [-0.3, -0.25) is 9.69 Å². The van der Waals surface area contributed by atoms with Gasteiger partial charge in [-0.25, -0.2) is 13.1 Å². The number of anilines is 3. The van der Waals surface area contributed by atoms with Crippen molar-refractivity contribution in [3.05, 3.63) is 108 Å². The van der Waals surface area contributed by atoms with Gasteiger partial charge < -0.3 is 24.6 Å². The minimum Gasteiger partial charge on any atom is -0.456 e. The van der Waals surface area contributed by atoms with Crippen molar-refractivity contribution in [2.75, 3.05) is 74.1 Å². The molecular formula is C44H53N5O5S. The number of carbonyl (C=O) groups excluding carboxylic acids is 1. The Balaban J connectivity index is 0.927. The zero-order chi connectivity index (χ0) is 37.6. The van der Waals surface area contributed by atoms with E-state index in [1.165, 1.54) is 62.2 Å². The van der Waals surface area contributed by atoms with E-state index in [9.17, 15) is 13.2 Å². The summed E-state index contributed by atoms with van der Waals surface area (Å²) in [5, 5.41) is 3.39. The SMILES string of the molecule is O=C(NS(=O)(=O)c1ccc(NCC2CCOCC2)cc1)c1ccc(N2CCN(Cc3ccccc3N3CC4CCC(CC4)C3)CC2)cc1Oc1ccccc1. The third-order valence-corrected chi connectivity index (χ3v) is 13.2. The van der Waals surface area contributed by atoms with E-state index in [2.05, 4.69) is 49.0 Å². The number of amides is 1.